The van der Waals surface area contributed by atoms with Crippen LogP contribution in [0.1, 0.15) is 25.1 Å². The van der Waals surface area contributed by atoms with E-state index in [1.54, 1.807) is 11.3 Å². The number of halogens is 1. The van der Waals surface area contributed by atoms with Gasteiger partial charge in [-0.2, -0.15) is 0 Å². The molecule has 2 unspecified atom stereocenters. The number of rotatable bonds is 4. The Bertz CT molecular complexity index is 257. The second-order valence-corrected chi connectivity index (χ2v) is 5.44. The molecule has 1 aromatic rings. The summed E-state index contributed by atoms with van der Waals surface area (Å²) in [5, 5.41) is 11.3. The summed E-state index contributed by atoms with van der Waals surface area (Å²) < 4.78 is 1.20. The number of aliphatic hydroxyl groups excluding tert-OH is 1. The van der Waals surface area contributed by atoms with Gasteiger partial charge in [-0.15, -0.1) is 11.3 Å². The third-order valence-corrected chi connectivity index (χ3v) is 3.92. The highest BCUT2D eigenvalue weighted by atomic mass is 79.9. The van der Waals surface area contributed by atoms with E-state index in [-0.39, 0.29) is 6.10 Å². The lowest BCUT2D eigenvalue weighted by molar-refractivity contribution is 0.164. The van der Waals surface area contributed by atoms with Crippen molar-refractivity contribution in [3.05, 3.63) is 20.8 Å². The van der Waals surface area contributed by atoms with Crippen LogP contribution >= 0.6 is 27.3 Å². The Morgan fingerprint density at radius 3 is 2.69 bits per heavy atom. The molecule has 0 saturated carbocycles. The molecule has 1 aromatic heterocycles. The lowest BCUT2D eigenvalue weighted by Crippen LogP contribution is -2.08. The van der Waals surface area contributed by atoms with Gasteiger partial charge >= 0.3 is 0 Å². The molecule has 0 radical (unpaired) electrons. The average molecular weight is 263 g/mol. The summed E-state index contributed by atoms with van der Waals surface area (Å²) in [6, 6.07) is 2.08. The van der Waals surface area contributed by atoms with Gasteiger partial charge in [0.05, 0.1) is 6.10 Å². The van der Waals surface area contributed by atoms with Gasteiger partial charge in [0.25, 0.3) is 0 Å². The second-order valence-electron chi connectivity index (χ2n) is 3.59. The summed E-state index contributed by atoms with van der Waals surface area (Å²) in [6.45, 7) is 4.03. The lowest BCUT2D eigenvalue weighted by atomic mass is 10.0. The quantitative estimate of drug-likeness (QED) is 0.882. The summed E-state index contributed by atoms with van der Waals surface area (Å²) in [6.07, 6.45) is 1.75. The molecule has 0 aliphatic rings. The lowest BCUT2D eigenvalue weighted by Gasteiger charge is -2.12. The Balaban J connectivity index is 2.45. The van der Waals surface area contributed by atoms with Crippen molar-refractivity contribution in [1.29, 1.82) is 0 Å². The topological polar surface area (TPSA) is 20.2 Å². The smallest absolute Gasteiger partial charge is 0.0514 e. The predicted molar refractivity (Wildman–Crippen MR) is 61.2 cm³/mol. The number of thiophene rings is 1. The van der Waals surface area contributed by atoms with Gasteiger partial charge in [-0.05, 0) is 53.1 Å². The highest BCUT2D eigenvalue weighted by molar-refractivity contribution is 9.10. The summed E-state index contributed by atoms with van der Waals surface area (Å²) >= 11 is 5.29. The molecule has 0 fully saturated rings. The normalized spacial score (nSPS) is 15.7. The van der Waals surface area contributed by atoms with E-state index >= 15 is 0 Å². The van der Waals surface area contributed by atoms with Gasteiger partial charge < -0.3 is 5.11 Å². The SMILES string of the molecule is CC(O)CC(C)Cc1sccc1Br. The van der Waals surface area contributed by atoms with Gasteiger partial charge in [-0.1, -0.05) is 6.92 Å². The van der Waals surface area contributed by atoms with Gasteiger partial charge in [0, 0.05) is 9.35 Å². The van der Waals surface area contributed by atoms with Crippen LogP contribution in [-0.4, -0.2) is 11.2 Å². The first-order valence-electron chi connectivity index (χ1n) is 4.49. The van der Waals surface area contributed by atoms with Crippen LogP contribution in [0.15, 0.2) is 15.9 Å². The molecule has 13 heavy (non-hydrogen) atoms. The summed E-state index contributed by atoms with van der Waals surface area (Å²) in [7, 11) is 0. The first kappa shape index (κ1) is 11.2. The molecular formula is C10H15BrOS. The van der Waals surface area contributed by atoms with Crippen molar-refractivity contribution >= 4 is 27.3 Å². The average Bonchev–Trinajstić information content (AvgIpc) is 2.34. The van der Waals surface area contributed by atoms with Gasteiger partial charge in [-0.25, -0.2) is 0 Å². The van der Waals surface area contributed by atoms with Crippen molar-refractivity contribution in [2.75, 3.05) is 0 Å². The van der Waals surface area contributed by atoms with Crippen LogP contribution in [0.3, 0.4) is 0 Å². The first-order chi connectivity index (χ1) is 6.09. The maximum absolute atomic E-state index is 9.21. The number of hydrogen-bond acceptors (Lipinski definition) is 2. The zero-order valence-corrected chi connectivity index (χ0v) is 10.4. The monoisotopic (exact) mass is 262 g/mol. The minimum Gasteiger partial charge on any atom is -0.393 e. The number of aliphatic hydroxyl groups is 1. The third kappa shape index (κ3) is 3.79. The van der Waals surface area contributed by atoms with Crippen LogP contribution in [0.4, 0.5) is 0 Å². The Labute approximate surface area is 91.9 Å². The molecule has 1 N–H and O–H groups in total. The van der Waals surface area contributed by atoms with Crippen LogP contribution in [0.5, 0.6) is 0 Å². The van der Waals surface area contributed by atoms with Crippen molar-refractivity contribution in [3.63, 3.8) is 0 Å². The van der Waals surface area contributed by atoms with Gasteiger partial charge in [0.1, 0.15) is 0 Å². The Kier molecular flexibility index (Phi) is 4.42. The highest BCUT2D eigenvalue weighted by Gasteiger charge is 2.09. The van der Waals surface area contributed by atoms with E-state index < -0.39 is 0 Å². The van der Waals surface area contributed by atoms with Gasteiger partial charge in [-0.3, -0.25) is 0 Å². The zero-order valence-electron chi connectivity index (χ0n) is 7.96. The summed E-state index contributed by atoms with van der Waals surface area (Å²) in [4.78, 5) is 1.38. The highest BCUT2D eigenvalue weighted by Crippen LogP contribution is 2.26. The van der Waals surface area contributed by atoms with E-state index in [4.69, 9.17) is 0 Å². The van der Waals surface area contributed by atoms with Crippen LogP contribution in [-0.2, 0) is 6.42 Å². The minimum atomic E-state index is -0.186. The number of hydrogen-bond donors (Lipinski definition) is 1. The van der Waals surface area contributed by atoms with Crippen LogP contribution in [0, 0.1) is 5.92 Å². The van der Waals surface area contributed by atoms with Gasteiger partial charge in [0.15, 0.2) is 0 Å². The molecule has 0 amide bonds. The molecule has 0 spiro atoms. The largest absolute Gasteiger partial charge is 0.393 e. The summed E-state index contributed by atoms with van der Waals surface area (Å²) in [5.74, 6) is 0.551. The molecule has 1 nitrogen and oxygen atoms in total. The maximum atomic E-state index is 9.21. The van der Waals surface area contributed by atoms with E-state index in [2.05, 4.69) is 34.3 Å². The molecule has 1 heterocycles. The molecule has 1 rings (SSSR count). The molecule has 0 aromatic carbocycles. The Morgan fingerprint density at radius 2 is 2.23 bits per heavy atom. The molecule has 3 heteroatoms. The van der Waals surface area contributed by atoms with Crippen molar-refractivity contribution in [2.45, 2.75) is 32.8 Å². The fraction of sp³-hybridized carbons (Fsp3) is 0.600. The molecular weight excluding hydrogens is 248 g/mol. The molecule has 2 atom stereocenters. The zero-order chi connectivity index (χ0) is 9.84. The molecule has 0 aliphatic heterocycles. The molecule has 0 bridgehead atoms. The standard InChI is InChI=1S/C10H15BrOS/c1-7(5-8(2)12)6-10-9(11)3-4-13-10/h3-4,7-8,12H,5-6H2,1-2H3. The molecule has 74 valence electrons. The molecule has 0 saturated heterocycles. The van der Waals surface area contributed by atoms with Crippen molar-refractivity contribution in [3.8, 4) is 0 Å². The van der Waals surface area contributed by atoms with E-state index in [1.807, 2.05) is 6.92 Å². The second kappa shape index (κ2) is 5.13. The van der Waals surface area contributed by atoms with Crippen LogP contribution in [0.2, 0.25) is 0 Å². The Hall–Kier alpha value is 0.140. The van der Waals surface area contributed by atoms with Crippen molar-refractivity contribution in [2.24, 2.45) is 5.92 Å². The predicted octanol–water partition coefficient (Wildman–Crippen LogP) is 3.46. The molecule has 0 aliphatic carbocycles. The van der Waals surface area contributed by atoms with Crippen LogP contribution < -0.4 is 0 Å². The van der Waals surface area contributed by atoms with E-state index in [0.717, 1.165) is 12.8 Å². The maximum Gasteiger partial charge on any atom is 0.0514 e. The van der Waals surface area contributed by atoms with Gasteiger partial charge in [0.2, 0.25) is 0 Å². The van der Waals surface area contributed by atoms with Crippen molar-refractivity contribution in [1.82, 2.24) is 0 Å². The van der Waals surface area contributed by atoms with E-state index in [1.165, 1.54) is 9.35 Å². The summed E-state index contributed by atoms with van der Waals surface area (Å²) in [5.41, 5.74) is 0. The van der Waals surface area contributed by atoms with Crippen molar-refractivity contribution < 1.29 is 5.11 Å². The fourth-order valence-corrected chi connectivity index (χ4v) is 3.13. The van der Waals surface area contributed by atoms with Crippen LogP contribution in [0.25, 0.3) is 0 Å². The fourth-order valence-electron chi connectivity index (χ4n) is 1.45. The van der Waals surface area contributed by atoms with E-state index in [0.29, 0.717) is 5.92 Å². The first-order valence-corrected chi connectivity index (χ1v) is 6.16. The minimum absolute atomic E-state index is 0.186. The third-order valence-electron chi connectivity index (χ3n) is 1.97. The van der Waals surface area contributed by atoms with E-state index in [9.17, 15) is 5.11 Å². The Morgan fingerprint density at radius 1 is 1.54 bits per heavy atom.